The SMILES string of the molecule is CNc1ncnc(N(C)Cc2cccc(C)c2)c1OC. The number of aromatic nitrogens is 2. The van der Waals surface area contributed by atoms with Crippen LogP contribution in [-0.4, -0.2) is 31.2 Å². The summed E-state index contributed by atoms with van der Waals surface area (Å²) in [5.74, 6) is 2.12. The van der Waals surface area contributed by atoms with Crippen LogP contribution in [0.4, 0.5) is 11.6 Å². The van der Waals surface area contributed by atoms with Crippen LogP contribution in [0.2, 0.25) is 0 Å². The maximum Gasteiger partial charge on any atom is 0.204 e. The van der Waals surface area contributed by atoms with Crippen molar-refractivity contribution in [3.63, 3.8) is 0 Å². The van der Waals surface area contributed by atoms with E-state index < -0.39 is 0 Å². The third-order valence-corrected chi connectivity index (χ3v) is 3.09. The van der Waals surface area contributed by atoms with Gasteiger partial charge in [-0.2, -0.15) is 0 Å². The summed E-state index contributed by atoms with van der Waals surface area (Å²) in [5, 5.41) is 3.01. The Balaban J connectivity index is 2.27. The van der Waals surface area contributed by atoms with Crippen molar-refractivity contribution in [2.45, 2.75) is 13.5 Å². The molecule has 2 rings (SSSR count). The van der Waals surface area contributed by atoms with Crippen LogP contribution in [0.3, 0.4) is 0 Å². The molecule has 0 amide bonds. The van der Waals surface area contributed by atoms with E-state index in [0.717, 1.165) is 12.4 Å². The number of ether oxygens (including phenoxy) is 1. The van der Waals surface area contributed by atoms with Crippen LogP contribution in [0.5, 0.6) is 5.75 Å². The lowest BCUT2D eigenvalue weighted by Crippen LogP contribution is -2.19. The predicted octanol–water partition coefficient (Wildman–Crippen LogP) is 2.47. The van der Waals surface area contributed by atoms with Crippen LogP contribution < -0.4 is 15.0 Å². The first kappa shape index (κ1) is 14.1. The molecule has 20 heavy (non-hydrogen) atoms. The molecule has 1 heterocycles. The first-order valence-corrected chi connectivity index (χ1v) is 6.49. The summed E-state index contributed by atoms with van der Waals surface area (Å²) >= 11 is 0. The van der Waals surface area contributed by atoms with Gasteiger partial charge in [-0.3, -0.25) is 0 Å². The second kappa shape index (κ2) is 6.23. The Kier molecular flexibility index (Phi) is 4.40. The topological polar surface area (TPSA) is 50.3 Å². The number of hydrogen-bond donors (Lipinski definition) is 1. The number of rotatable bonds is 5. The first-order valence-electron chi connectivity index (χ1n) is 6.49. The quantitative estimate of drug-likeness (QED) is 0.906. The highest BCUT2D eigenvalue weighted by molar-refractivity contribution is 5.64. The average Bonchev–Trinajstić information content (AvgIpc) is 2.46. The maximum atomic E-state index is 5.42. The Hall–Kier alpha value is -2.30. The molecule has 0 atom stereocenters. The molecule has 1 aromatic carbocycles. The summed E-state index contributed by atoms with van der Waals surface area (Å²) < 4.78 is 5.42. The molecule has 5 heteroatoms. The van der Waals surface area contributed by atoms with Crippen molar-refractivity contribution in [2.24, 2.45) is 0 Å². The van der Waals surface area contributed by atoms with Gasteiger partial charge in [0, 0.05) is 20.6 Å². The zero-order chi connectivity index (χ0) is 14.5. The lowest BCUT2D eigenvalue weighted by Gasteiger charge is -2.21. The van der Waals surface area contributed by atoms with Crippen LogP contribution in [0.1, 0.15) is 11.1 Å². The molecular formula is C15H20N4O. The van der Waals surface area contributed by atoms with Crippen LogP contribution in [0.15, 0.2) is 30.6 Å². The van der Waals surface area contributed by atoms with Crippen molar-refractivity contribution in [2.75, 3.05) is 31.4 Å². The van der Waals surface area contributed by atoms with Gasteiger partial charge in [-0.05, 0) is 12.5 Å². The average molecular weight is 272 g/mol. The molecule has 2 aromatic rings. The molecule has 0 aliphatic heterocycles. The molecular weight excluding hydrogens is 252 g/mol. The zero-order valence-electron chi connectivity index (χ0n) is 12.3. The minimum Gasteiger partial charge on any atom is -0.490 e. The number of nitrogens with zero attached hydrogens (tertiary/aromatic N) is 3. The molecule has 0 fully saturated rings. The third kappa shape index (κ3) is 2.99. The van der Waals surface area contributed by atoms with Gasteiger partial charge in [0.25, 0.3) is 0 Å². The molecule has 0 spiro atoms. The van der Waals surface area contributed by atoms with E-state index in [1.807, 2.05) is 14.1 Å². The molecule has 0 unspecified atom stereocenters. The number of hydrogen-bond acceptors (Lipinski definition) is 5. The minimum absolute atomic E-state index is 0.658. The van der Waals surface area contributed by atoms with E-state index in [9.17, 15) is 0 Å². The van der Waals surface area contributed by atoms with E-state index >= 15 is 0 Å². The lowest BCUT2D eigenvalue weighted by molar-refractivity contribution is 0.413. The number of methoxy groups -OCH3 is 1. The van der Waals surface area contributed by atoms with Crippen molar-refractivity contribution < 1.29 is 4.74 Å². The molecule has 0 saturated heterocycles. The summed E-state index contributed by atoms with van der Waals surface area (Å²) in [6, 6.07) is 8.43. The minimum atomic E-state index is 0.658. The van der Waals surface area contributed by atoms with Crippen molar-refractivity contribution in [1.29, 1.82) is 0 Å². The van der Waals surface area contributed by atoms with Gasteiger partial charge >= 0.3 is 0 Å². The molecule has 0 bridgehead atoms. The summed E-state index contributed by atoms with van der Waals surface area (Å²) in [5.41, 5.74) is 2.49. The van der Waals surface area contributed by atoms with Gasteiger partial charge in [0.2, 0.25) is 5.75 Å². The number of anilines is 2. The summed E-state index contributed by atoms with van der Waals surface area (Å²) in [6.45, 7) is 2.85. The molecule has 0 saturated carbocycles. The van der Waals surface area contributed by atoms with Gasteiger partial charge in [-0.25, -0.2) is 9.97 Å². The van der Waals surface area contributed by atoms with Crippen molar-refractivity contribution >= 4 is 11.6 Å². The largest absolute Gasteiger partial charge is 0.490 e. The molecule has 1 N–H and O–H groups in total. The van der Waals surface area contributed by atoms with Crippen LogP contribution >= 0.6 is 0 Å². The molecule has 0 radical (unpaired) electrons. The van der Waals surface area contributed by atoms with E-state index in [0.29, 0.717) is 11.6 Å². The van der Waals surface area contributed by atoms with Crippen molar-refractivity contribution in [3.05, 3.63) is 41.7 Å². The fourth-order valence-electron chi connectivity index (χ4n) is 2.16. The Bertz CT molecular complexity index is 586. The predicted molar refractivity (Wildman–Crippen MR) is 81.4 cm³/mol. The fraction of sp³-hybridized carbons (Fsp3) is 0.333. The number of aryl methyl sites for hydroxylation is 1. The standard InChI is InChI=1S/C15H20N4O/c1-11-6-5-7-12(8-11)9-19(3)15-13(20-4)14(16-2)17-10-18-15/h5-8,10H,9H2,1-4H3,(H,16,17,18). The van der Waals surface area contributed by atoms with Crippen molar-refractivity contribution in [3.8, 4) is 5.75 Å². The Morgan fingerprint density at radius 1 is 1.30 bits per heavy atom. The van der Waals surface area contributed by atoms with Gasteiger partial charge in [0.1, 0.15) is 6.33 Å². The number of benzene rings is 1. The maximum absolute atomic E-state index is 5.42. The van der Waals surface area contributed by atoms with Crippen molar-refractivity contribution in [1.82, 2.24) is 9.97 Å². The van der Waals surface area contributed by atoms with E-state index in [2.05, 4.69) is 51.4 Å². The van der Waals surface area contributed by atoms with Gasteiger partial charge in [0.15, 0.2) is 11.6 Å². The summed E-state index contributed by atoms with van der Waals surface area (Å²) in [4.78, 5) is 10.5. The van der Waals surface area contributed by atoms with Gasteiger partial charge in [0.05, 0.1) is 7.11 Å². The highest BCUT2D eigenvalue weighted by atomic mass is 16.5. The van der Waals surface area contributed by atoms with Crippen LogP contribution in [-0.2, 0) is 6.54 Å². The third-order valence-electron chi connectivity index (χ3n) is 3.09. The summed E-state index contributed by atoms with van der Waals surface area (Å²) in [6.07, 6.45) is 1.54. The van der Waals surface area contributed by atoms with E-state index in [-0.39, 0.29) is 0 Å². The highest BCUT2D eigenvalue weighted by Gasteiger charge is 2.15. The van der Waals surface area contributed by atoms with Crippen LogP contribution in [0, 0.1) is 6.92 Å². The smallest absolute Gasteiger partial charge is 0.204 e. The van der Waals surface area contributed by atoms with Gasteiger partial charge in [-0.1, -0.05) is 29.8 Å². The van der Waals surface area contributed by atoms with E-state index in [1.54, 1.807) is 7.11 Å². The Morgan fingerprint density at radius 2 is 2.10 bits per heavy atom. The van der Waals surface area contributed by atoms with Gasteiger partial charge < -0.3 is 15.0 Å². The molecule has 0 aliphatic rings. The number of nitrogens with one attached hydrogen (secondary N) is 1. The normalized spacial score (nSPS) is 10.2. The lowest BCUT2D eigenvalue weighted by atomic mass is 10.1. The highest BCUT2D eigenvalue weighted by Crippen LogP contribution is 2.31. The Labute approximate surface area is 119 Å². The summed E-state index contributed by atoms with van der Waals surface area (Å²) in [7, 11) is 5.44. The van der Waals surface area contributed by atoms with E-state index in [1.165, 1.54) is 17.5 Å². The monoisotopic (exact) mass is 272 g/mol. The molecule has 5 nitrogen and oxygen atoms in total. The fourth-order valence-corrected chi connectivity index (χ4v) is 2.16. The second-order valence-electron chi connectivity index (χ2n) is 4.67. The van der Waals surface area contributed by atoms with Crippen LogP contribution in [0.25, 0.3) is 0 Å². The Morgan fingerprint density at radius 3 is 2.75 bits per heavy atom. The zero-order valence-corrected chi connectivity index (χ0v) is 12.3. The molecule has 1 aromatic heterocycles. The molecule has 106 valence electrons. The second-order valence-corrected chi connectivity index (χ2v) is 4.67. The molecule has 0 aliphatic carbocycles. The first-order chi connectivity index (χ1) is 9.65. The van der Waals surface area contributed by atoms with E-state index in [4.69, 9.17) is 4.74 Å². The van der Waals surface area contributed by atoms with Gasteiger partial charge in [-0.15, -0.1) is 0 Å².